The number of carbonyl (C=O) groups excluding carboxylic acids is 2. The number of nitrogens with zero attached hydrogens (tertiary/aromatic N) is 3. The highest BCUT2D eigenvalue weighted by molar-refractivity contribution is 5.85. The first-order chi connectivity index (χ1) is 11.1. The van der Waals surface area contributed by atoms with Crippen LogP contribution in [0.1, 0.15) is 45.4 Å². The molecule has 1 atom stereocenters. The van der Waals surface area contributed by atoms with Crippen molar-refractivity contribution in [1.29, 1.82) is 0 Å². The number of likely N-dealkylation sites (tertiary alicyclic amines) is 1. The van der Waals surface area contributed by atoms with Crippen LogP contribution in [0.4, 0.5) is 0 Å². The van der Waals surface area contributed by atoms with Crippen molar-refractivity contribution in [3.05, 3.63) is 0 Å². The average molecular weight is 397 g/mol. The van der Waals surface area contributed by atoms with Crippen molar-refractivity contribution in [3.63, 3.8) is 0 Å². The van der Waals surface area contributed by atoms with Gasteiger partial charge >= 0.3 is 0 Å². The molecule has 25 heavy (non-hydrogen) atoms. The molecule has 0 radical (unpaired) electrons. The molecular weight excluding hydrogens is 363 g/mol. The molecule has 0 saturated carbocycles. The third-order valence-electron chi connectivity index (χ3n) is 4.86. The minimum atomic E-state index is 0. The summed E-state index contributed by atoms with van der Waals surface area (Å²) in [7, 11) is 0. The van der Waals surface area contributed by atoms with Gasteiger partial charge < -0.3 is 15.5 Å². The number of hydrogen-bond acceptors (Lipinski definition) is 4. The van der Waals surface area contributed by atoms with Crippen molar-refractivity contribution in [2.24, 2.45) is 5.73 Å². The van der Waals surface area contributed by atoms with Gasteiger partial charge in [-0.2, -0.15) is 0 Å². The molecule has 2 amide bonds. The van der Waals surface area contributed by atoms with Crippen LogP contribution in [0.2, 0.25) is 0 Å². The number of nitrogens with two attached hydrogens (primary N) is 1. The van der Waals surface area contributed by atoms with Crippen LogP contribution in [0.25, 0.3) is 0 Å². The number of carbonyl (C=O) groups is 2. The summed E-state index contributed by atoms with van der Waals surface area (Å²) in [5.74, 6) is 0.449. The van der Waals surface area contributed by atoms with Crippen LogP contribution in [-0.2, 0) is 9.59 Å². The first-order valence-electron chi connectivity index (χ1n) is 9.10. The Morgan fingerprint density at radius 3 is 1.88 bits per heavy atom. The van der Waals surface area contributed by atoms with Crippen molar-refractivity contribution >= 4 is 36.6 Å². The quantitative estimate of drug-likeness (QED) is 0.764. The summed E-state index contributed by atoms with van der Waals surface area (Å²) in [6.07, 6.45) is 6.02. The number of amides is 2. The molecule has 0 spiro atoms. The maximum atomic E-state index is 12.4. The standard InChI is InChI=1S/C17H32N4O2.2ClH/c1-15(18)6-7-16(22)21-12-10-19(11-13-21)14-17(23)20-8-4-2-3-5-9-20;;/h15H,2-14,18H2,1H3;2*1H. The van der Waals surface area contributed by atoms with E-state index < -0.39 is 0 Å². The smallest absolute Gasteiger partial charge is 0.236 e. The number of rotatable bonds is 5. The predicted molar refractivity (Wildman–Crippen MR) is 105 cm³/mol. The van der Waals surface area contributed by atoms with E-state index in [-0.39, 0.29) is 42.7 Å². The summed E-state index contributed by atoms with van der Waals surface area (Å²) < 4.78 is 0. The molecule has 0 bridgehead atoms. The topological polar surface area (TPSA) is 69.9 Å². The van der Waals surface area contributed by atoms with E-state index >= 15 is 0 Å². The highest BCUT2D eigenvalue weighted by Crippen LogP contribution is 2.11. The fourth-order valence-corrected chi connectivity index (χ4v) is 3.28. The van der Waals surface area contributed by atoms with Crippen LogP contribution >= 0.6 is 24.8 Å². The Morgan fingerprint density at radius 2 is 1.36 bits per heavy atom. The van der Waals surface area contributed by atoms with Crippen molar-refractivity contribution < 1.29 is 9.59 Å². The summed E-state index contributed by atoms with van der Waals surface area (Å²) >= 11 is 0. The van der Waals surface area contributed by atoms with Gasteiger partial charge in [0.25, 0.3) is 0 Å². The van der Waals surface area contributed by atoms with Gasteiger partial charge in [-0.1, -0.05) is 12.8 Å². The Labute approximate surface area is 164 Å². The van der Waals surface area contributed by atoms with Crippen molar-refractivity contribution in [2.75, 3.05) is 45.8 Å². The first-order valence-corrected chi connectivity index (χ1v) is 9.10. The Morgan fingerprint density at radius 1 is 0.840 bits per heavy atom. The molecule has 2 fully saturated rings. The van der Waals surface area contributed by atoms with Crippen molar-refractivity contribution in [3.8, 4) is 0 Å². The summed E-state index contributed by atoms with van der Waals surface area (Å²) in [6.45, 7) is 7.30. The largest absolute Gasteiger partial charge is 0.342 e. The molecule has 0 aromatic rings. The second kappa shape index (κ2) is 12.7. The molecule has 2 rings (SSSR count). The molecule has 0 aromatic carbocycles. The maximum absolute atomic E-state index is 12.4. The van der Waals surface area contributed by atoms with E-state index in [0.717, 1.165) is 58.5 Å². The van der Waals surface area contributed by atoms with E-state index in [4.69, 9.17) is 5.73 Å². The van der Waals surface area contributed by atoms with Gasteiger partial charge in [-0.05, 0) is 26.2 Å². The van der Waals surface area contributed by atoms with Gasteiger partial charge in [0.15, 0.2) is 0 Å². The zero-order valence-corrected chi connectivity index (χ0v) is 17.0. The molecule has 2 saturated heterocycles. The Balaban J connectivity index is 0.00000288. The lowest BCUT2D eigenvalue weighted by molar-refractivity contribution is -0.135. The summed E-state index contributed by atoms with van der Waals surface area (Å²) in [5, 5.41) is 0. The summed E-state index contributed by atoms with van der Waals surface area (Å²) in [5.41, 5.74) is 5.71. The Kier molecular flexibility index (Phi) is 12.5. The van der Waals surface area contributed by atoms with E-state index in [0.29, 0.717) is 13.0 Å². The monoisotopic (exact) mass is 396 g/mol. The third kappa shape index (κ3) is 8.58. The van der Waals surface area contributed by atoms with Crippen LogP contribution in [0, 0.1) is 0 Å². The fraction of sp³-hybridized carbons (Fsp3) is 0.882. The third-order valence-corrected chi connectivity index (χ3v) is 4.86. The van der Waals surface area contributed by atoms with Gasteiger partial charge in [0, 0.05) is 51.7 Å². The Bertz CT molecular complexity index is 394. The number of piperazine rings is 1. The molecule has 2 aliphatic heterocycles. The first kappa shape index (κ1) is 24.4. The van der Waals surface area contributed by atoms with Crippen LogP contribution in [0.3, 0.4) is 0 Å². The zero-order chi connectivity index (χ0) is 16.7. The summed E-state index contributed by atoms with van der Waals surface area (Å²) in [4.78, 5) is 30.6. The van der Waals surface area contributed by atoms with Crippen LogP contribution in [0.5, 0.6) is 0 Å². The van der Waals surface area contributed by atoms with Gasteiger partial charge in [-0.15, -0.1) is 24.8 Å². The lowest BCUT2D eigenvalue weighted by atomic mass is 10.1. The van der Waals surface area contributed by atoms with E-state index in [9.17, 15) is 9.59 Å². The van der Waals surface area contributed by atoms with E-state index in [1.54, 1.807) is 0 Å². The molecule has 2 aliphatic rings. The molecule has 148 valence electrons. The zero-order valence-electron chi connectivity index (χ0n) is 15.3. The van der Waals surface area contributed by atoms with Gasteiger partial charge in [-0.3, -0.25) is 14.5 Å². The highest BCUT2D eigenvalue weighted by atomic mass is 35.5. The molecule has 0 aromatic heterocycles. The van der Waals surface area contributed by atoms with Gasteiger partial charge in [-0.25, -0.2) is 0 Å². The lowest BCUT2D eigenvalue weighted by Crippen LogP contribution is -2.51. The second-order valence-corrected chi connectivity index (χ2v) is 6.97. The normalized spacial score (nSPS) is 20.1. The van der Waals surface area contributed by atoms with E-state index in [2.05, 4.69) is 4.90 Å². The minimum Gasteiger partial charge on any atom is -0.342 e. The van der Waals surface area contributed by atoms with Crippen LogP contribution < -0.4 is 5.73 Å². The van der Waals surface area contributed by atoms with Gasteiger partial charge in [0.05, 0.1) is 6.54 Å². The van der Waals surface area contributed by atoms with E-state index in [1.807, 2.05) is 16.7 Å². The van der Waals surface area contributed by atoms with Gasteiger partial charge in [0.2, 0.25) is 11.8 Å². The van der Waals surface area contributed by atoms with Crippen molar-refractivity contribution in [1.82, 2.24) is 14.7 Å². The molecule has 2 heterocycles. The van der Waals surface area contributed by atoms with E-state index in [1.165, 1.54) is 12.8 Å². The molecular formula is C17H34Cl2N4O2. The van der Waals surface area contributed by atoms with Crippen LogP contribution in [0.15, 0.2) is 0 Å². The number of halogens is 2. The maximum Gasteiger partial charge on any atom is 0.236 e. The second-order valence-electron chi connectivity index (χ2n) is 6.97. The van der Waals surface area contributed by atoms with Crippen molar-refractivity contribution in [2.45, 2.75) is 51.5 Å². The number of hydrogen-bond donors (Lipinski definition) is 1. The van der Waals surface area contributed by atoms with Crippen LogP contribution in [-0.4, -0.2) is 78.4 Å². The predicted octanol–water partition coefficient (Wildman–Crippen LogP) is 1.50. The molecule has 1 unspecified atom stereocenters. The van der Waals surface area contributed by atoms with Gasteiger partial charge in [0.1, 0.15) is 0 Å². The fourth-order valence-electron chi connectivity index (χ4n) is 3.28. The SMILES string of the molecule is CC(N)CCC(=O)N1CCN(CC(=O)N2CCCCCC2)CC1.Cl.Cl. The average Bonchev–Trinajstić information content (AvgIpc) is 2.82. The molecule has 6 nitrogen and oxygen atoms in total. The highest BCUT2D eigenvalue weighted by Gasteiger charge is 2.24. The minimum absolute atomic E-state index is 0. The lowest BCUT2D eigenvalue weighted by Gasteiger charge is -2.35. The molecule has 8 heteroatoms. The Hall–Kier alpha value is -0.560. The molecule has 2 N–H and O–H groups in total. The molecule has 0 aliphatic carbocycles. The summed E-state index contributed by atoms with van der Waals surface area (Å²) in [6, 6.07) is 0.0754.